The summed E-state index contributed by atoms with van der Waals surface area (Å²) in [5.74, 6) is 0.427. The third-order valence-electron chi connectivity index (χ3n) is 4.87. The zero-order valence-electron chi connectivity index (χ0n) is 12.7. The van der Waals surface area contributed by atoms with Crippen LogP contribution in [-0.2, 0) is 0 Å². The smallest absolute Gasteiger partial charge is 0.140 e. The van der Waals surface area contributed by atoms with E-state index in [1.54, 1.807) is 12.4 Å². The SMILES string of the molecule is C=CN/C=C1C=C/C(=C/C)[C@H](CC)C2CCCCC\12F. The third-order valence-corrected chi connectivity index (χ3v) is 4.87. The number of alkyl halides is 1. The molecule has 2 aliphatic carbocycles. The second kappa shape index (κ2) is 6.43. The maximum Gasteiger partial charge on any atom is 0.140 e. The van der Waals surface area contributed by atoms with Crippen molar-refractivity contribution in [2.75, 3.05) is 0 Å². The van der Waals surface area contributed by atoms with E-state index in [2.05, 4.69) is 37.9 Å². The summed E-state index contributed by atoms with van der Waals surface area (Å²) in [6.07, 6.45) is 14.3. The Morgan fingerprint density at radius 2 is 2.25 bits per heavy atom. The quantitative estimate of drug-likeness (QED) is 0.760. The Balaban J connectivity index is 2.48. The van der Waals surface area contributed by atoms with Gasteiger partial charge in [0.25, 0.3) is 0 Å². The normalized spacial score (nSPS) is 37.5. The predicted molar refractivity (Wildman–Crippen MR) is 83.9 cm³/mol. The number of hydrogen-bond acceptors (Lipinski definition) is 1. The van der Waals surface area contributed by atoms with Crippen molar-refractivity contribution in [1.29, 1.82) is 0 Å². The lowest BCUT2D eigenvalue weighted by atomic mass is 9.66. The van der Waals surface area contributed by atoms with Crippen LogP contribution in [-0.4, -0.2) is 5.67 Å². The molecular formula is C18H26FN. The van der Waals surface area contributed by atoms with Gasteiger partial charge >= 0.3 is 0 Å². The molecule has 0 heterocycles. The maximum atomic E-state index is 15.8. The van der Waals surface area contributed by atoms with Crippen LogP contribution >= 0.6 is 0 Å². The summed E-state index contributed by atoms with van der Waals surface area (Å²) in [7, 11) is 0. The van der Waals surface area contributed by atoms with Crippen LogP contribution in [0, 0.1) is 11.8 Å². The molecule has 2 heteroatoms. The summed E-state index contributed by atoms with van der Waals surface area (Å²) >= 11 is 0. The van der Waals surface area contributed by atoms with Crippen molar-refractivity contribution in [3.8, 4) is 0 Å². The zero-order chi connectivity index (χ0) is 14.6. The summed E-state index contributed by atoms with van der Waals surface area (Å²) in [6, 6.07) is 0. The molecule has 0 spiro atoms. The van der Waals surface area contributed by atoms with Gasteiger partial charge in [-0.1, -0.05) is 38.2 Å². The largest absolute Gasteiger partial charge is 0.368 e. The standard InChI is InChI=1S/C18H26FN/c1-4-14-10-11-15(13-20-6-3)18(19)12-8-7-9-17(18)16(14)5-2/h4,6,10-11,13,16-17,20H,3,5,7-9,12H2,1-2H3/b14-4-,15-13+/t16-,17?,18?/m0/s1. The molecule has 3 atom stereocenters. The van der Waals surface area contributed by atoms with Crippen molar-refractivity contribution < 1.29 is 4.39 Å². The molecule has 0 aliphatic heterocycles. The highest BCUT2D eigenvalue weighted by molar-refractivity contribution is 5.40. The van der Waals surface area contributed by atoms with Gasteiger partial charge in [-0.2, -0.15) is 0 Å². The molecule has 0 bridgehead atoms. The Morgan fingerprint density at radius 3 is 2.90 bits per heavy atom. The van der Waals surface area contributed by atoms with Crippen LogP contribution in [0.2, 0.25) is 0 Å². The highest BCUT2D eigenvalue weighted by Gasteiger charge is 2.48. The number of fused-ring (bicyclic) bond motifs is 1. The molecule has 110 valence electrons. The molecule has 1 N–H and O–H groups in total. The van der Waals surface area contributed by atoms with E-state index in [0.29, 0.717) is 12.3 Å². The summed E-state index contributed by atoms with van der Waals surface area (Å²) in [5.41, 5.74) is 0.858. The minimum absolute atomic E-state index is 0.0975. The van der Waals surface area contributed by atoms with Gasteiger partial charge in [0.15, 0.2) is 0 Å². The molecule has 0 aromatic carbocycles. The molecule has 0 aromatic rings. The second-order valence-electron chi connectivity index (χ2n) is 5.82. The van der Waals surface area contributed by atoms with Crippen molar-refractivity contribution in [2.45, 2.75) is 51.6 Å². The Morgan fingerprint density at radius 1 is 1.45 bits per heavy atom. The van der Waals surface area contributed by atoms with Crippen LogP contribution in [0.5, 0.6) is 0 Å². The molecule has 1 nitrogen and oxygen atoms in total. The minimum Gasteiger partial charge on any atom is -0.368 e. The Bertz CT molecular complexity index is 446. The third kappa shape index (κ3) is 2.61. The fraction of sp³-hybridized carbons (Fsp3) is 0.556. The van der Waals surface area contributed by atoms with Gasteiger partial charge in [0, 0.05) is 17.7 Å². The summed E-state index contributed by atoms with van der Waals surface area (Å²) < 4.78 is 15.8. The first-order valence-corrected chi connectivity index (χ1v) is 7.78. The van der Waals surface area contributed by atoms with Gasteiger partial charge < -0.3 is 5.32 Å². The van der Waals surface area contributed by atoms with Crippen LogP contribution in [0.1, 0.15) is 46.0 Å². The van der Waals surface area contributed by atoms with Crippen molar-refractivity contribution in [3.63, 3.8) is 0 Å². The maximum absolute atomic E-state index is 15.8. The van der Waals surface area contributed by atoms with Crippen molar-refractivity contribution in [2.24, 2.45) is 11.8 Å². The first-order valence-electron chi connectivity index (χ1n) is 7.78. The molecule has 0 saturated heterocycles. The van der Waals surface area contributed by atoms with Crippen LogP contribution < -0.4 is 5.32 Å². The molecule has 1 saturated carbocycles. The van der Waals surface area contributed by atoms with E-state index < -0.39 is 5.67 Å². The van der Waals surface area contributed by atoms with E-state index in [4.69, 9.17) is 0 Å². The Labute approximate surface area is 122 Å². The number of halogens is 1. The van der Waals surface area contributed by atoms with E-state index in [9.17, 15) is 0 Å². The molecular weight excluding hydrogens is 249 g/mol. The van der Waals surface area contributed by atoms with Gasteiger partial charge in [0.1, 0.15) is 5.67 Å². The summed E-state index contributed by atoms with van der Waals surface area (Å²) in [6.45, 7) is 7.88. The van der Waals surface area contributed by atoms with E-state index >= 15 is 4.39 Å². The first kappa shape index (κ1) is 15.1. The molecule has 1 fully saturated rings. The van der Waals surface area contributed by atoms with Gasteiger partial charge in [0.2, 0.25) is 0 Å². The number of allylic oxidation sites excluding steroid dienone is 5. The lowest BCUT2D eigenvalue weighted by molar-refractivity contribution is 0.0495. The highest BCUT2D eigenvalue weighted by atomic mass is 19.1. The molecule has 0 aromatic heterocycles. The van der Waals surface area contributed by atoms with Crippen LogP contribution in [0.25, 0.3) is 0 Å². The summed E-state index contributed by atoms with van der Waals surface area (Å²) in [5, 5.41) is 2.96. The van der Waals surface area contributed by atoms with E-state index in [-0.39, 0.29) is 5.92 Å². The van der Waals surface area contributed by atoms with Gasteiger partial charge in [0.05, 0.1) is 0 Å². The number of hydrogen-bond donors (Lipinski definition) is 1. The molecule has 0 radical (unpaired) electrons. The predicted octanol–water partition coefficient (Wildman–Crippen LogP) is 5.04. The van der Waals surface area contributed by atoms with Crippen molar-refractivity contribution in [1.82, 2.24) is 5.32 Å². The highest BCUT2D eigenvalue weighted by Crippen LogP contribution is 2.50. The van der Waals surface area contributed by atoms with Gasteiger partial charge in [-0.3, -0.25) is 0 Å². The summed E-state index contributed by atoms with van der Waals surface area (Å²) in [4.78, 5) is 0. The number of rotatable bonds is 3. The van der Waals surface area contributed by atoms with Crippen LogP contribution in [0.3, 0.4) is 0 Å². The van der Waals surface area contributed by atoms with Crippen molar-refractivity contribution in [3.05, 3.63) is 48.4 Å². The fourth-order valence-corrected chi connectivity index (χ4v) is 3.87. The number of nitrogens with one attached hydrogen (secondary N) is 1. The van der Waals surface area contributed by atoms with Gasteiger partial charge in [-0.15, -0.1) is 0 Å². The zero-order valence-corrected chi connectivity index (χ0v) is 12.7. The first-order chi connectivity index (χ1) is 9.67. The van der Waals surface area contributed by atoms with E-state index in [1.807, 2.05) is 6.08 Å². The minimum atomic E-state index is -1.20. The molecule has 2 unspecified atom stereocenters. The Hall–Kier alpha value is -1.31. The van der Waals surface area contributed by atoms with E-state index in [0.717, 1.165) is 31.3 Å². The lowest BCUT2D eigenvalue weighted by Gasteiger charge is -2.42. The average Bonchev–Trinajstić information content (AvgIpc) is 2.58. The fourth-order valence-electron chi connectivity index (χ4n) is 3.87. The molecule has 20 heavy (non-hydrogen) atoms. The van der Waals surface area contributed by atoms with Crippen LogP contribution in [0.15, 0.2) is 48.4 Å². The Kier molecular flexibility index (Phi) is 4.85. The van der Waals surface area contributed by atoms with E-state index in [1.165, 1.54) is 5.57 Å². The molecule has 0 amide bonds. The average molecular weight is 275 g/mol. The molecule has 2 aliphatic rings. The van der Waals surface area contributed by atoms with Crippen LogP contribution in [0.4, 0.5) is 4.39 Å². The van der Waals surface area contributed by atoms with Crippen molar-refractivity contribution >= 4 is 0 Å². The monoisotopic (exact) mass is 275 g/mol. The topological polar surface area (TPSA) is 12.0 Å². The second-order valence-corrected chi connectivity index (χ2v) is 5.82. The van der Waals surface area contributed by atoms with Gasteiger partial charge in [-0.05, 0) is 50.3 Å². The molecule has 2 rings (SSSR count). The van der Waals surface area contributed by atoms with Gasteiger partial charge in [-0.25, -0.2) is 4.39 Å². The lowest BCUT2D eigenvalue weighted by Crippen LogP contribution is -2.41.